The molecule has 5 nitrogen and oxygen atoms in total. The Balaban J connectivity index is 1.89. The molecule has 1 aromatic carbocycles. The normalized spacial score (nSPS) is 13.7. The molecule has 8 heteroatoms. The Morgan fingerprint density at radius 3 is 2.34 bits per heavy atom. The van der Waals surface area contributed by atoms with Gasteiger partial charge in [-0.3, -0.25) is 19.7 Å². The van der Waals surface area contributed by atoms with Crippen LogP contribution in [0.3, 0.4) is 0 Å². The standard InChI is InChI=1S/C24H25F3N4O/c1-16-7-6-10-19(30-16)20(13-11-17-12-14-21(29-15-17)24(25,26)27)31(2)22(23(28)32)18-8-4-3-5-9-18/h3-10,12,14-15,20,22H,11,13H2,1-2H3,(H2,28,32). The molecule has 3 aromatic rings. The van der Waals surface area contributed by atoms with E-state index in [4.69, 9.17) is 5.73 Å². The molecule has 2 atom stereocenters. The number of aromatic nitrogens is 2. The van der Waals surface area contributed by atoms with Crippen molar-refractivity contribution in [3.05, 3.63) is 95.1 Å². The lowest BCUT2D eigenvalue weighted by atomic mass is 9.97. The number of benzene rings is 1. The molecule has 168 valence electrons. The second-order valence-electron chi connectivity index (χ2n) is 7.69. The monoisotopic (exact) mass is 442 g/mol. The molecule has 0 aliphatic rings. The molecule has 3 rings (SSSR count). The van der Waals surface area contributed by atoms with Gasteiger partial charge >= 0.3 is 6.18 Å². The third-order valence-electron chi connectivity index (χ3n) is 5.36. The fourth-order valence-corrected chi connectivity index (χ4v) is 3.77. The largest absolute Gasteiger partial charge is 0.433 e. The predicted molar refractivity (Wildman–Crippen MR) is 115 cm³/mol. The van der Waals surface area contributed by atoms with Gasteiger partial charge in [0.25, 0.3) is 0 Å². The zero-order chi connectivity index (χ0) is 23.3. The van der Waals surface area contributed by atoms with Crippen molar-refractivity contribution >= 4 is 5.91 Å². The van der Waals surface area contributed by atoms with Crippen LogP contribution in [-0.2, 0) is 17.4 Å². The quantitative estimate of drug-likeness (QED) is 0.552. The van der Waals surface area contributed by atoms with E-state index in [-0.39, 0.29) is 6.04 Å². The maximum atomic E-state index is 12.8. The number of nitrogens with zero attached hydrogens (tertiary/aromatic N) is 3. The Hall–Kier alpha value is -3.26. The van der Waals surface area contributed by atoms with Gasteiger partial charge in [-0.2, -0.15) is 13.2 Å². The molecule has 0 bridgehead atoms. The minimum atomic E-state index is -4.48. The number of halogens is 3. The van der Waals surface area contributed by atoms with Crippen LogP contribution in [0.5, 0.6) is 0 Å². The lowest BCUT2D eigenvalue weighted by Gasteiger charge is -2.33. The first-order valence-corrected chi connectivity index (χ1v) is 10.2. The van der Waals surface area contributed by atoms with Crippen LogP contribution in [0.4, 0.5) is 13.2 Å². The van der Waals surface area contributed by atoms with Gasteiger partial charge in [0.05, 0.1) is 11.7 Å². The zero-order valence-electron chi connectivity index (χ0n) is 17.9. The number of hydrogen-bond donors (Lipinski definition) is 1. The molecule has 0 saturated heterocycles. The number of alkyl halides is 3. The van der Waals surface area contributed by atoms with E-state index in [1.165, 1.54) is 12.3 Å². The minimum Gasteiger partial charge on any atom is -0.368 e. The number of nitrogens with two attached hydrogens (primary N) is 1. The molecule has 0 saturated carbocycles. The van der Waals surface area contributed by atoms with Crippen molar-refractivity contribution in [2.24, 2.45) is 5.73 Å². The lowest BCUT2D eigenvalue weighted by molar-refractivity contribution is -0.141. The van der Waals surface area contributed by atoms with E-state index in [9.17, 15) is 18.0 Å². The van der Waals surface area contributed by atoms with Crippen molar-refractivity contribution in [3.63, 3.8) is 0 Å². The Labute approximate surface area is 185 Å². The van der Waals surface area contributed by atoms with E-state index < -0.39 is 23.8 Å². The van der Waals surface area contributed by atoms with Gasteiger partial charge in [-0.25, -0.2) is 0 Å². The second kappa shape index (κ2) is 9.91. The number of rotatable bonds is 8. The average Bonchev–Trinajstić information content (AvgIpc) is 2.74. The number of aryl methyl sites for hydroxylation is 2. The highest BCUT2D eigenvalue weighted by Crippen LogP contribution is 2.32. The van der Waals surface area contributed by atoms with Crippen LogP contribution in [0.15, 0.2) is 66.9 Å². The summed E-state index contributed by atoms with van der Waals surface area (Å²) in [4.78, 5) is 22.4. The van der Waals surface area contributed by atoms with E-state index in [0.29, 0.717) is 18.4 Å². The highest BCUT2D eigenvalue weighted by atomic mass is 19.4. The number of carbonyl (C=O) groups excluding carboxylic acids is 1. The van der Waals surface area contributed by atoms with Crippen molar-refractivity contribution in [3.8, 4) is 0 Å². The summed E-state index contributed by atoms with van der Waals surface area (Å²) in [5.41, 5.74) is 7.85. The number of amides is 1. The van der Waals surface area contributed by atoms with Crippen LogP contribution in [0.1, 0.15) is 46.7 Å². The number of primary amides is 1. The first-order chi connectivity index (χ1) is 15.2. The fourth-order valence-electron chi connectivity index (χ4n) is 3.77. The predicted octanol–water partition coefficient (Wildman–Crippen LogP) is 4.64. The molecular weight excluding hydrogens is 417 g/mol. The third-order valence-corrected chi connectivity index (χ3v) is 5.36. The smallest absolute Gasteiger partial charge is 0.368 e. The van der Waals surface area contributed by atoms with Gasteiger partial charge in [0.15, 0.2) is 0 Å². The van der Waals surface area contributed by atoms with Crippen LogP contribution in [0.2, 0.25) is 0 Å². The second-order valence-corrected chi connectivity index (χ2v) is 7.69. The molecule has 1 amide bonds. The first-order valence-electron chi connectivity index (χ1n) is 10.2. The summed E-state index contributed by atoms with van der Waals surface area (Å²) in [6.45, 7) is 1.88. The van der Waals surface area contributed by atoms with Gasteiger partial charge in [0, 0.05) is 11.9 Å². The van der Waals surface area contributed by atoms with E-state index in [1.807, 2.05) is 67.4 Å². The molecule has 0 aliphatic carbocycles. The van der Waals surface area contributed by atoms with Crippen LogP contribution >= 0.6 is 0 Å². The van der Waals surface area contributed by atoms with Crippen LogP contribution in [-0.4, -0.2) is 27.8 Å². The Morgan fingerprint density at radius 2 is 1.78 bits per heavy atom. The molecular formula is C24H25F3N4O. The molecule has 0 radical (unpaired) electrons. The molecule has 2 aromatic heterocycles. The molecule has 2 unspecified atom stereocenters. The maximum Gasteiger partial charge on any atom is 0.433 e. The first kappa shape index (κ1) is 23.4. The summed E-state index contributed by atoms with van der Waals surface area (Å²) in [6, 6.07) is 16.3. The number of likely N-dealkylation sites (N-methyl/N-ethyl adjacent to an activating group) is 1. The Morgan fingerprint density at radius 1 is 1.06 bits per heavy atom. The number of carbonyl (C=O) groups is 1. The lowest BCUT2D eigenvalue weighted by Crippen LogP contribution is -2.38. The van der Waals surface area contributed by atoms with E-state index >= 15 is 0 Å². The van der Waals surface area contributed by atoms with Crippen molar-refractivity contribution in [2.45, 2.75) is 38.0 Å². The van der Waals surface area contributed by atoms with Crippen molar-refractivity contribution in [1.29, 1.82) is 0 Å². The highest BCUT2D eigenvalue weighted by Gasteiger charge is 2.32. The number of hydrogen-bond acceptors (Lipinski definition) is 4. The summed E-state index contributed by atoms with van der Waals surface area (Å²) in [5, 5.41) is 0. The topological polar surface area (TPSA) is 72.1 Å². The molecule has 2 heterocycles. The summed E-state index contributed by atoms with van der Waals surface area (Å²) >= 11 is 0. The van der Waals surface area contributed by atoms with Gasteiger partial charge in [-0.1, -0.05) is 42.5 Å². The fraction of sp³-hybridized carbons (Fsp3) is 0.292. The van der Waals surface area contributed by atoms with E-state index in [2.05, 4.69) is 9.97 Å². The molecule has 2 N–H and O–H groups in total. The van der Waals surface area contributed by atoms with Crippen LogP contribution in [0, 0.1) is 6.92 Å². The van der Waals surface area contributed by atoms with Crippen molar-refractivity contribution in [1.82, 2.24) is 14.9 Å². The minimum absolute atomic E-state index is 0.296. The number of pyridine rings is 2. The molecule has 0 fully saturated rings. The molecule has 32 heavy (non-hydrogen) atoms. The highest BCUT2D eigenvalue weighted by molar-refractivity contribution is 5.81. The zero-order valence-corrected chi connectivity index (χ0v) is 17.9. The van der Waals surface area contributed by atoms with Gasteiger partial charge < -0.3 is 5.73 Å². The third kappa shape index (κ3) is 5.70. The maximum absolute atomic E-state index is 12.8. The summed E-state index contributed by atoms with van der Waals surface area (Å²) < 4.78 is 38.4. The van der Waals surface area contributed by atoms with Crippen LogP contribution in [0.25, 0.3) is 0 Å². The van der Waals surface area contributed by atoms with Crippen molar-refractivity contribution in [2.75, 3.05) is 7.05 Å². The molecule has 0 spiro atoms. The van der Waals surface area contributed by atoms with E-state index in [0.717, 1.165) is 23.0 Å². The summed E-state index contributed by atoms with van der Waals surface area (Å²) in [6.07, 6.45) is -2.27. The van der Waals surface area contributed by atoms with Crippen LogP contribution < -0.4 is 5.73 Å². The van der Waals surface area contributed by atoms with Gasteiger partial charge in [-0.15, -0.1) is 0 Å². The SMILES string of the molecule is Cc1cccc(C(CCc2ccc(C(F)(F)F)nc2)N(C)C(C(N)=O)c2ccccc2)n1. The van der Waals surface area contributed by atoms with Gasteiger partial charge in [0.2, 0.25) is 5.91 Å². The summed E-state index contributed by atoms with van der Waals surface area (Å²) in [5.74, 6) is -0.493. The molecule has 0 aliphatic heterocycles. The Kier molecular flexibility index (Phi) is 7.25. The van der Waals surface area contributed by atoms with Gasteiger partial charge in [0.1, 0.15) is 11.7 Å². The summed E-state index contributed by atoms with van der Waals surface area (Å²) in [7, 11) is 1.81. The average molecular weight is 442 g/mol. The van der Waals surface area contributed by atoms with Crippen molar-refractivity contribution < 1.29 is 18.0 Å². The Bertz CT molecular complexity index is 1040. The van der Waals surface area contributed by atoms with E-state index in [1.54, 1.807) is 0 Å². The van der Waals surface area contributed by atoms with Gasteiger partial charge in [-0.05, 0) is 56.1 Å².